The van der Waals surface area contributed by atoms with Crippen LogP contribution in [0.5, 0.6) is 0 Å². The van der Waals surface area contributed by atoms with Crippen molar-refractivity contribution in [2.24, 2.45) is 5.41 Å². The summed E-state index contributed by atoms with van der Waals surface area (Å²) in [5, 5.41) is 2.99. The van der Waals surface area contributed by atoms with Gasteiger partial charge in [0.25, 0.3) is 5.91 Å². The van der Waals surface area contributed by atoms with E-state index in [9.17, 15) is 4.79 Å². The van der Waals surface area contributed by atoms with E-state index in [1.54, 1.807) is 0 Å². The molecule has 0 atom stereocenters. The standard InChI is InChI=1S/C15H23ClN2O/c1-5-15(6-2,9-16)10-17-14(19)13-8-7-11(3)18-12(13)4/h7-8H,5-6,9-10H2,1-4H3,(H,17,19). The molecule has 1 rings (SSSR count). The molecule has 1 aromatic heterocycles. The maximum atomic E-state index is 12.2. The van der Waals surface area contributed by atoms with Gasteiger partial charge < -0.3 is 5.32 Å². The molecule has 0 aliphatic carbocycles. The molecule has 1 aromatic rings. The lowest BCUT2D eigenvalue weighted by Gasteiger charge is -2.29. The van der Waals surface area contributed by atoms with Crippen molar-refractivity contribution in [2.45, 2.75) is 40.5 Å². The smallest absolute Gasteiger partial charge is 0.253 e. The van der Waals surface area contributed by atoms with Gasteiger partial charge in [-0.1, -0.05) is 13.8 Å². The summed E-state index contributed by atoms with van der Waals surface area (Å²) >= 11 is 6.04. The van der Waals surface area contributed by atoms with Gasteiger partial charge in [-0.3, -0.25) is 9.78 Å². The fourth-order valence-corrected chi connectivity index (χ4v) is 2.50. The minimum atomic E-state index is -0.0682. The average Bonchev–Trinajstić information content (AvgIpc) is 2.40. The summed E-state index contributed by atoms with van der Waals surface area (Å²) in [6, 6.07) is 3.68. The highest BCUT2D eigenvalue weighted by Gasteiger charge is 2.26. The molecular formula is C15H23ClN2O. The topological polar surface area (TPSA) is 42.0 Å². The van der Waals surface area contributed by atoms with Gasteiger partial charge in [-0.25, -0.2) is 0 Å². The van der Waals surface area contributed by atoms with Crippen molar-refractivity contribution < 1.29 is 4.79 Å². The Labute approximate surface area is 120 Å². The lowest BCUT2D eigenvalue weighted by Crippen LogP contribution is -2.38. The van der Waals surface area contributed by atoms with E-state index in [1.165, 1.54) is 0 Å². The minimum absolute atomic E-state index is 0.0107. The number of pyridine rings is 1. The Hall–Kier alpha value is -1.09. The highest BCUT2D eigenvalue weighted by atomic mass is 35.5. The highest BCUT2D eigenvalue weighted by Crippen LogP contribution is 2.27. The zero-order valence-corrected chi connectivity index (χ0v) is 13.0. The van der Waals surface area contributed by atoms with Crippen LogP contribution in [-0.4, -0.2) is 23.3 Å². The molecule has 1 amide bonds. The molecule has 0 radical (unpaired) electrons. The SMILES string of the molecule is CCC(CC)(CCl)CNC(=O)c1ccc(C)nc1C. The van der Waals surface area contributed by atoms with Crippen LogP contribution in [0.2, 0.25) is 0 Å². The molecule has 0 unspecified atom stereocenters. The molecule has 1 N–H and O–H groups in total. The molecule has 0 aromatic carbocycles. The van der Waals surface area contributed by atoms with Gasteiger partial charge in [-0.2, -0.15) is 0 Å². The average molecular weight is 283 g/mol. The molecule has 0 aliphatic rings. The third-order valence-electron chi connectivity index (χ3n) is 3.88. The maximum Gasteiger partial charge on any atom is 0.253 e. The summed E-state index contributed by atoms with van der Waals surface area (Å²) in [5.74, 6) is 0.493. The van der Waals surface area contributed by atoms with Crippen molar-refractivity contribution in [1.82, 2.24) is 10.3 Å². The second-order valence-corrected chi connectivity index (χ2v) is 5.38. The summed E-state index contributed by atoms with van der Waals surface area (Å²) in [6.45, 7) is 8.60. The van der Waals surface area contributed by atoms with E-state index in [0.717, 1.165) is 24.2 Å². The molecule has 3 nitrogen and oxygen atoms in total. The van der Waals surface area contributed by atoms with Crippen LogP contribution in [0.1, 0.15) is 48.4 Å². The number of aryl methyl sites for hydroxylation is 2. The maximum absolute atomic E-state index is 12.2. The van der Waals surface area contributed by atoms with Crippen molar-refractivity contribution in [3.05, 3.63) is 29.1 Å². The van der Waals surface area contributed by atoms with Gasteiger partial charge in [0.15, 0.2) is 0 Å². The Balaban J connectivity index is 2.75. The number of carbonyl (C=O) groups excluding carboxylic acids is 1. The fraction of sp³-hybridized carbons (Fsp3) is 0.600. The largest absolute Gasteiger partial charge is 0.351 e. The lowest BCUT2D eigenvalue weighted by molar-refractivity contribution is 0.0930. The Morgan fingerprint density at radius 3 is 2.42 bits per heavy atom. The molecule has 0 aliphatic heterocycles. The number of hydrogen-bond acceptors (Lipinski definition) is 2. The first-order valence-corrected chi connectivity index (χ1v) is 7.30. The summed E-state index contributed by atoms with van der Waals surface area (Å²) in [4.78, 5) is 16.5. The fourth-order valence-electron chi connectivity index (χ4n) is 2.03. The van der Waals surface area contributed by atoms with Gasteiger partial charge in [-0.05, 0) is 38.8 Å². The molecule has 0 saturated heterocycles. The molecule has 0 fully saturated rings. The molecule has 0 spiro atoms. The van der Waals surface area contributed by atoms with Gasteiger partial charge in [0.1, 0.15) is 0 Å². The first-order valence-electron chi connectivity index (χ1n) is 6.76. The van der Waals surface area contributed by atoms with Gasteiger partial charge in [0, 0.05) is 23.5 Å². The van der Waals surface area contributed by atoms with E-state index < -0.39 is 0 Å². The van der Waals surface area contributed by atoms with Gasteiger partial charge in [0.2, 0.25) is 0 Å². The van der Waals surface area contributed by atoms with E-state index >= 15 is 0 Å². The Morgan fingerprint density at radius 2 is 1.95 bits per heavy atom. The van der Waals surface area contributed by atoms with Crippen LogP contribution in [0, 0.1) is 19.3 Å². The molecule has 0 saturated carbocycles. The van der Waals surface area contributed by atoms with E-state index in [1.807, 2.05) is 26.0 Å². The number of nitrogens with zero attached hydrogens (tertiary/aromatic N) is 1. The number of halogens is 1. The monoisotopic (exact) mass is 282 g/mol. The second kappa shape index (κ2) is 6.90. The van der Waals surface area contributed by atoms with Crippen LogP contribution in [0.3, 0.4) is 0 Å². The van der Waals surface area contributed by atoms with Crippen LogP contribution in [0.4, 0.5) is 0 Å². The third-order valence-corrected chi connectivity index (χ3v) is 4.44. The first-order chi connectivity index (χ1) is 8.98. The van der Waals surface area contributed by atoms with Crippen LogP contribution < -0.4 is 5.32 Å². The molecule has 0 bridgehead atoms. The zero-order chi connectivity index (χ0) is 14.5. The van der Waals surface area contributed by atoms with Crippen molar-refractivity contribution in [3.63, 3.8) is 0 Å². The normalized spacial score (nSPS) is 11.4. The van der Waals surface area contributed by atoms with E-state index in [2.05, 4.69) is 24.1 Å². The summed E-state index contributed by atoms with van der Waals surface area (Å²) in [6.07, 6.45) is 1.91. The number of nitrogens with one attached hydrogen (secondary N) is 1. The van der Waals surface area contributed by atoms with Crippen molar-refractivity contribution >= 4 is 17.5 Å². The number of rotatable bonds is 6. The second-order valence-electron chi connectivity index (χ2n) is 5.11. The van der Waals surface area contributed by atoms with E-state index in [-0.39, 0.29) is 11.3 Å². The number of aromatic nitrogens is 1. The predicted octanol–water partition coefficient (Wildman–Crippen LogP) is 3.47. The van der Waals surface area contributed by atoms with Crippen molar-refractivity contribution in [1.29, 1.82) is 0 Å². The summed E-state index contributed by atoms with van der Waals surface area (Å²) in [5.41, 5.74) is 2.32. The molecule has 106 valence electrons. The van der Waals surface area contributed by atoms with Gasteiger partial charge >= 0.3 is 0 Å². The molecular weight excluding hydrogens is 260 g/mol. The lowest BCUT2D eigenvalue weighted by atomic mass is 9.84. The molecule has 4 heteroatoms. The quantitative estimate of drug-likeness (QED) is 0.812. The molecule has 19 heavy (non-hydrogen) atoms. The van der Waals surface area contributed by atoms with Crippen molar-refractivity contribution in [2.75, 3.05) is 12.4 Å². The minimum Gasteiger partial charge on any atom is -0.351 e. The molecule has 1 heterocycles. The van der Waals surface area contributed by atoms with Crippen LogP contribution in [0.15, 0.2) is 12.1 Å². The summed E-state index contributed by atoms with van der Waals surface area (Å²) in [7, 11) is 0. The Bertz CT molecular complexity index is 434. The summed E-state index contributed by atoms with van der Waals surface area (Å²) < 4.78 is 0. The van der Waals surface area contributed by atoms with Crippen molar-refractivity contribution in [3.8, 4) is 0 Å². The number of amides is 1. The predicted molar refractivity (Wildman–Crippen MR) is 79.8 cm³/mol. The zero-order valence-electron chi connectivity index (χ0n) is 12.2. The Morgan fingerprint density at radius 1 is 1.32 bits per heavy atom. The van der Waals surface area contributed by atoms with Crippen LogP contribution >= 0.6 is 11.6 Å². The highest BCUT2D eigenvalue weighted by molar-refractivity contribution is 6.18. The number of alkyl halides is 1. The Kier molecular flexibility index (Phi) is 5.80. The first kappa shape index (κ1) is 16.0. The van der Waals surface area contributed by atoms with Crippen LogP contribution in [0.25, 0.3) is 0 Å². The van der Waals surface area contributed by atoms with Gasteiger partial charge in [0.05, 0.1) is 11.3 Å². The van der Waals surface area contributed by atoms with Crippen LogP contribution in [-0.2, 0) is 0 Å². The van der Waals surface area contributed by atoms with Gasteiger partial charge in [-0.15, -0.1) is 11.6 Å². The van der Waals surface area contributed by atoms with E-state index in [0.29, 0.717) is 18.0 Å². The third kappa shape index (κ3) is 3.93. The van der Waals surface area contributed by atoms with E-state index in [4.69, 9.17) is 11.6 Å². The number of carbonyl (C=O) groups is 1. The number of hydrogen-bond donors (Lipinski definition) is 1.